The first kappa shape index (κ1) is 30.6. The molecule has 0 bridgehead atoms. The van der Waals surface area contributed by atoms with Gasteiger partial charge in [-0.1, -0.05) is 18.9 Å². The summed E-state index contributed by atoms with van der Waals surface area (Å²) in [5.41, 5.74) is 3.23. The number of ether oxygens (including phenoxy) is 3. The maximum absolute atomic E-state index is 13.7. The largest absolute Gasteiger partial charge is 0.493 e. The van der Waals surface area contributed by atoms with Crippen LogP contribution in [0.25, 0.3) is 11.1 Å². The van der Waals surface area contributed by atoms with Gasteiger partial charge in [0, 0.05) is 18.5 Å². The van der Waals surface area contributed by atoms with Gasteiger partial charge >= 0.3 is 0 Å². The molecule has 2 aromatic rings. The van der Waals surface area contributed by atoms with E-state index in [1.807, 2.05) is 18.4 Å². The number of thioether (sulfide) groups is 1. The van der Waals surface area contributed by atoms with Crippen LogP contribution in [0.15, 0.2) is 29.1 Å². The van der Waals surface area contributed by atoms with Crippen LogP contribution >= 0.6 is 11.8 Å². The molecule has 2 aliphatic carbocycles. The first-order valence-electron chi connectivity index (χ1n) is 14.1. The molecule has 0 aliphatic heterocycles. The first-order valence-corrected chi connectivity index (χ1v) is 15.5. The molecule has 10 heteroatoms. The van der Waals surface area contributed by atoms with Gasteiger partial charge < -0.3 is 30.2 Å². The molecule has 0 heterocycles. The van der Waals surface area contributed by atoms with Crippen molar-refractivity contribution in [2.75, 3.05) is 38.7 Å². The summed E-state index contributed by atoms with van der Waals surface area (Å²) >= 11 is 1.66. The van der Waals surface area contributed by atoms with E-state index in [1.165, 1.54) is 6.92 Å². The minimum absolute atomic E-state index is 0.0848. The lowest BCUT2D eigenvalue weighted by atomic mass is 9.95. The maximum Gasteiger partial charge on any atom is 0.242 e. The number of nitrogens with one attached hydrogen (secondary N) is 3. The Labute approximate surface area is 246 Å². The third-order valence-corrected chi connectivity index (χ3v) is 8.52. The molecule has 9 nitrogen and oxygen atoms in total. The van der Waals surface area contributed by atoms with E-state index in [9.17, 15) is 14.4 Å². The SMILES string of the molecule is COc1cc2c(c(OC)c1OC)-c1ccc(N[C@@H](CCSC)C(=O)NC3CCCC3)c(=O)cc1[C@@H](NC(C)=O)CC2. The van der Waals surface area contributed by atoms with Crippen LogP contribution in [-0.4, -0.2) is 57.2 Å². The molecule has 2 amide bonds. The smallest absolute Gasteiger partial charge is 0.242 e. The number of carbonyl (C=O) groups is 2. The highest BCUT2D eigenvalue weighted by atomic mass is 32.2. The third-order valence-electron chi connectivity index (χ3n) is 7.87. The van der Waals surface area contributed by atoms with E-state index < -0.39 is 12.1 Å². The van der Waals surface area contributed by atoms with Crippen LogP contribution in [0.2, 0.25) is 0 Å². The van der Waals surface area contributed by atoms with Crippen LogP contribution in [0.1, 0.15) is 62.6 Å². The van der Waals surface area contributed by atoms with Gasteiger partial charge in [-0.3, -0.25) is 14.4 Å². The zero-order valence-electron chi connectivity index (χ0n) is 24.6. The van der Waals surface area contributed by atoms with Gasteiger partial charge in [-0.25, -0.2) is 0 Å². The second-order valence-electron chi connectivity index (χ2n) is 10.6. The average molecular weight is 584 g/mol. The van der Waals surface area contributed by atoms with Crippen molar-refractivity contribution < 1.29 is 23.8 Å². The zero-order valence-corrected chi connectivity index (χ0v) is 25.4. The second kappa shape index (κ2) is 14.0. The lowest BCUT2D eigenvalue weighted by molar-refractivity contribution is -0.122. The summed E-state index contributed by atoms with van der Waals surface area (Å²) in [4.78, 5) is 39.2. The number of hydrogen-bond donors (Lipinski definition) is 3. The normalized spacial score (nSPS) is 17.0. The summed E-state index contributed by atoms with van der Waals surface area (Å²) < 4.78 is 17.1. The Hall–Kier alpha value is -3.40. The number of carbonyl (C=O) groups excluding carboxylic acids is 2. The number of methoxy groups -OCH3 is 3. The summed E-state index contributed by atoms with van der Waals surface area (Å²) in [6.45, 7) is 1.47. The topological polar surface area (TPSA) is 115 Å². The van der Waals surface area contributed by atoms with Crippen LogP contribution in [-0.2, 0) is 16.0 Å². The lowest BCUT2D eigenvalue weighted by Crippen LogP contribution is -2.44. The fourth-order valence-electron chi connectivity index (χ4n) is 5.89. The summed E-state index contributed by atoms with van der Waals surface area (Å²) in [6.07, 6.45) is 7.99. The van der Waals surface area contributed by atoms with E-state index in [2.05, 4.69) is 16.0 Å². The number of amides is 2. The quantitative estimate of drug-likeness (QED) is 0.355. The Morgan fingerprint density at radius 2 is 1.73 bits per heavy atom. The average Bonchev–Trinajstić information content (AvgIpc) is 3.36. The van der Waals surface area contributed by atoms with Crippen molar-refractivity contribution >= 4 is 29.3 Å². The van der Waals surface area contributed by atoms with Crippen LogP contribution < -0.4 is 35.6 Å². The summed E-state index contributed by atoms with van der Waals surface area (Å²) in [5.74, 6) is 1.99. The molecule has 0 spiro atoms. The van der Waals surface area contributed by atoms with Crippen molar-refractivity contribution in [2.45, 2.75) is 70.0 Å². The highest BCUT2D eigenvalue weighted by Gasteiger charge is 2.30. The van der Waals surface area contributed by atoms with Gasteiger partial charge in [0.05, 0.1) is 33.1 Å². The van der Waals surface area contributed by atoms with Crippen LogP contribution in [0.3, 0.4) is 0 Å². The Morgan fingerprint density at radius 1 is 1.00 bits per heavy atom. The summed E-state index contributed by atoms with van der Waals surface area (Å²) in [5, 5.41) is 9.47. The van der Waals surface area contributed by atoms with Crippen molar-refractivity contribution in [2.24, 2.45) is 0 Å². The maximum atomic E-state index is 13.7. The predicted octanol–water partition coefficient (Wildman–Crippen LogP) is 4.46. The molecule has 1 saturated carbocycles. The molecule has 0 radical (unpaired) electrons. The molecule has 0 unspecified atom stereocenters. The van der Waals surface area contributed by atoms with Gasteiger partial charge in [0.25, 0.3) is 0 Å². The molecule has 41 heavy (non-hydrogen) atoms. The molecule has 3 N–H and O–H groups in total. The molecule has 4 rings (SSSR count). The molecule has 1 fully saturated rings. The van der Waals surface area contributed by atoms with Crippen LogP contribution in [0.4, 0.5) is 5.69 Å². The standard InChI is InChI=1S/C31H41N3O6S/c1-18(35)32-23-12-10-19-16-27(38-2)29(39-3)30(40-4)28(19)21-11-13-24(26(36)17-22(21)23)34-25(14-15-41-5)31(37)33-20-8-6-7-9-20/h11,13,16-17,20,23,25H,6-10,12,14-15H2,1-5H3,(H,32,35)(H,33,37)(H,34,36)/t23-,25-/m0/s1. The van der Waals surface area contributed by atoms with E-state index in [1.54, 1.807) is 45.2 Å². The lowest BCUT2D eigenvalue weighted by Gasteiger charge is -2.21. The minimum atomic E-state index is -0.546. The van der Waals surface area contributed by atoms with E-state index in [0.717, 1.165) is 48.1 Å². The third kappa shape index (κ3) is 6.92. The summed E-state index contributed by atoms with van der Waals surface area (Å²) in [7, 11) is 4.70. The number of benzene rings is 1. The minimum Gasteiger partial charge on any atom is -0.493 e. The van der Waals surface area contributed by atoms with Crippen molar-refractivity contribution in [3.05, 3.63) is 45.6 Å². The molecule has 222 valence electrons. The molecule has 0 saturated heterocycles. The van der Waals surface area contributed by atoms with Crippen molar-refractivity contribution in [1.82, 2.24) is 10.6 Å². The van der Waals surface area contributed by atoms with Gasteiger partial charge in [0.15, 0.2) is 11.5 Å². The zero-order chi connectivity index (χ0) is 29.5. The fourth-order valence-corrected chi connectivity index (χ4v) is 6.36. The Morgan fingerprint density at radius 3 is 2.37 bits per heavy atom. The van der Waals surface area contributed by atoms with Crippen molar-refractivity contribution in [3.63, 3.8) is 0 Å². The van der Waals surface area contributed by atoms with E-state index in [-0.39, 0.29) is 23.3 Å². The molecular formula is C31H41N3O6S. The van der Waals surface area contributed by atoms with Gasteiger partial charge in [-0.2, -0.15) is 11.8 Å². The Kier molecular flexibility index (Phi) is 10.4. The van der Waals surface area contributed by atoms with Gasteiger partial charge in [-0.15, -0.1) is 0 Å². The fraction of sp³-hybridized carbons (Fsp3) is 0.516. The molecular weight excluding hydrogens is 542 g/mol. The number of rotatable bonds is 11. The van der Waals surface area contributed by atoms with Gasteiger partial charge in [0.1, 0.15) is 6.04 Å². The van der Waals surface area contributed by atoms with Gasteiger partial charge in [-0.05, 0) is 79.0 Å². The number of aryl methyl sites for hydroxylation is 1. The number of anilines is 1. The predicted molar refractivity (Wildman–Crippen MR) is 163 cm³/mol. The van der Waals surface area contributed by atoms with Crippen LogP contribution in [0, 0.1) is 0 Å². The summed E-state index contributed by atoms with van der Waals surface area (Å²) in [6, 6.07) is 6.33. The molecule has 2 aliphatic rings. The molecule has 0 aromatic heterocycles. The van der Waals surface area contributed by atoms with E-state index >= 15 is 0 Å². The highest BCUT2D eigenvalue weighted by Crippen LogP contribution is 2.50. The number of fused-ring (bicyclic) bond motifs is 3. The molecule has 2 atom stereocenters. The Balaban J connectivity index is 1.83. The highest BCUT2D eigenvalue weighted by molar-refractivity contribution is 7.98. The Bertz CT molecular complexity index is 1330. The first-order chi connectivity index (χ1) is 19.8. The van der Waals surface area contributed by atoms with Crippen molar-refractivity contribution in [3.8, 4) is 28.4 Å². The number of hydrogen-bond acceptors (Lipinski definition) is 8. The monoisotopic (exact) mass is 583 g/mol. The van der Waals surface area contributed by atoms with Crippen LogP contribution in [0.5, 0.6) is 17.2 Å². The second-order valence-corrected chi connectivity index (χ2v) is 11.5. The van der Waals surface area contributed by atoms with E-state index in [4.69, 9.17) is 14.2 Å². The molecule has 2 aromatic carbocycles. The van der Waals surface area contributed by atoms with Gasteiger partial charge in [0.2, 0.25) is 23.0 Å². The van der Waals surface area contributed by atoms with Crippen molar-refractivity contribution in [1.29, 1.82) is 0 Å². The van der Waals surface area contributed by atoms with E-state index in [0.29, 0.717) is 47.8 Å².